The van der Waals surface area contributed by atoms with E-state index in [0.29, 0.717) is 6.42 Å². The summed E-state index contributed by atoms with van der Waals surface area (Å²) in [4.78, 5) is 0. The van der Waals surface area contributed by atoms with Gasteiger partial charge in [-0.05, 0) is 13.0 Å². The number of nitrogens with two attached hydrogens (primary N) is 2. The van der Waals surface area contributed by atoms with Crippen LogP contribution in [-0.2, 0) is 0 Å². The summed E-state index contributed by atoms with van der Waals surface area (Å²) in [5, 5.41) is 11.2. The number of rotatable bonds is 5. The van der Waals surface area contributed by atoms with Crippen molar-refractivity contribution in [2.75, 3.05) is 13.1 Å². The third-order valence-corrected chi connectivity index (χ3v) is 1.07. The van der Waals surface area contributed by atoms with Crippen LogP contribution in [-0.4, -0.2) is 19.3 Å². The highest BCUT2D eigenvalue weighted by molar-refractivity contribution is 4.70. The van der Waals surface area contributed by atoms with Crippen molar-refractivity contribution in [3.8, 4) is 6.07 Å². The molecule has 0 aliphatic rings. The van der Waals surface area contributed by atoms with Crippen molar-refractivity contribution < 1.29 is 0 Å². The molecule has 0 aromatic carbocycles. The maximum Gasteiger partial charge on any atom is 0.0635 e. The van der Waals surface area contributed by atoms with Crippen LogP contribution < -0.4 is 16.8 Å². The van der Waals surface area contributed by atoms with E-state index in [2.05, 4.69) is 5.32 Å². The molecule has 0 aromatic rings. The summed E-state index contributed by atoms with van der Waals surface area (Å²) in [6.07, 6.45) is 1.06. The fraction of sp³-hybridized carbons (Fsp3) is 0.833. The third-order valence-electron chi connectivity index (χ3n) is 1.07. The molecule has 58 valence electrons. The predicted octanol–water partition coefficient (Wildman–Crippen LogP) is -0.877. The van der Waals surface area contributed by atoms with Gasteiger partial charge in [-0.15, -0.1) is 0 Å². The second-order valence-corrected chi connectivity index (χ2v) is 2.11. The lowest BCUT2D eigenvalue weighted by Gasteiger charge is -2.04. The second-order valence-electron chi connectivity index (χ2n) is 2.11. The summed E-state index contributed by atoms with van der Waals surface area (Å²) < 4.78 is 0. The van der Waals surface area contributed by atoms with Crippen LogP contribution in [0.2, 0.25) is 0 Å². The Hall–Kier alpha value is -0.630. The van der Waals surface area contributed by atoms with Crippen molar-refractivity contribution in [3.05, 3.63) is 0 Å². The molecule has 0 aromatic heterocycles. The number of hydrogen-bond donors (Lipinski definition) is 3. The Morgan fingerprint density at radius 2 is 2.10 bits per heavy atom. The zero-order valence-electron chi connectivity index (χ0n) is 6.01. The molecule has 0 bridgehead atoms. The van der Waals surface area contributed by atoms with Crippen LogP contribution in [0.15, 0.2) is 0 Å². The van der Waals surface area contributed by atoms with Gasteiger partial charge in [0.2, 0.25) is 0 Å². The summed E-state index contributed by atoms with van der Waals surface area (Å²) in [7, 11) is 0. The van der Waals surface area contributed by atoms with Gasteiger partial charge in [-0.3, -0.25) is 0 Å². The molecule has 0 unspecified atom stereocenters. The lowest BCUT2D eigenvalue weighted by Crippen LogP contribution is -2.34. The third kappa shape index (κ3) is 7.37. The van der Waals surface area contributed by atoms with E-state index in [4.69, 9.17) is 16.7 Å². The first-order chi connectivity index (χ1) is 4.77. The highest BCUT2D eigenvalue weighted by atomic mass is 14.9. The van der Waals surface area contributed by atoms with Crippen LogP contribution in [0.5, 0.6) is 0 Å². The van der Waals surface area contributed by atoms with E-state index < -0.39 is 0 Å². The van der Waals surface area contributed by atoms with Gasteiger partial charge in [0.05, 0.1) is 12.2 Å². The average molecular weight is 142 g/mol. The van der Waals surface area contributed by atoms with E-state index in [1.807, 2.05) is 6.07 Å². The SMILES string of the molecule is N#CCCNCCC(N)N. The minimum absolute atomic E-state index is 0.241. The van der Waals surface area contributed by atoms with Gasteiger partial charge in [-0.25, -0.2) is 0 Å². The smallest absolute Gasteiger partial charge is 0.0635 e. The lowest BCUT2D eigenvalue weighted by molar-refractivity contribution is 0.579. The van der Waals surface area contributed by atoms with E-state index in [9.17, 15) is 0 Å². The van der Waals surface area contributed by atoms with Crippen LogP contribution in [0.25, 0.3) is 0 Å². The van der Waals surface area contributed by atoms with Crippen LogP contribution in [0, 0.1) is 11.3 Å². The highest BCUT2D eigenvalue weighted by Crippen LogP contribution is 1.76. The first-order valence-corrected chi connectivity index (χ1v) is 3.36. The predicted molar refractivity (Wildman–Crippen MR) is 39.9 cm³/mol. The highest BCUT2D eigenvalue weighted by Gasteiger charge is 1.91. The van der Waals surface area contributed by atoms with Crippen molar-refractivity contribution in [2.45, 2.75) is 19.0 Å². The monoisotopic (exact) mass is 142 g/mol. The molecule has 0 amide bonds. The molecular formula is C6H14N4. The van der Waals surface area contributed by atoms with Crippen molar-refractivity contribution in [3.63, 3.8) is 0 Å². The van der Waals surface area contributed by atoms with Crippen molar-refractivity contribution >= 4 is 0 Å². The van der Waals surface area contributed by atoms with Gasteiger partial charge in [0, 0.05) is 13.0 Å². The van der Waals surface area contributed by atoms with Gasteiger partial charge in [0.15, 0.2) is 0 Å². The summed E-state index contributed by atoms with van der Waals surface area (Å²) in [6, 6.07) is 2.03. The van der Waals surface area contributed by atoms with Crippen molar-refractivity contribution in [2.24, 2.45) is 11.5 Å². The largest absolute Gasteiger partial charge is 0.316 e. The molecule has 0 saturated carbocycles. The Labute approximate surface area is 61.2 Å². The molecule has 0 atom stereocenters. The number of nitrogens with one attached hydrogen (secondary N) is 1. The summed E-state index contributed by atoms with van der Waals surface area (Å²) in [5.74, 6) is 0. The van der Waals surface area contributed by atoms with Gasteiger partial charge in [-0.2, -0.15) is 5.26 Å². The average Bonchev–Trinajstić information content (AvgIpc) is 1.87. The quantitative estimate of drug-likeness (QED) is 0.344. The Morgan fingerprint density at radius 1 is 1.40 bits per heavy atom. The Balaban J connectivity index is 2.86. The zero-order chi connectivity index (χ0) is 7.82. The minimum atomic E-state index is -0.241. The Kier molecular flexibility index (Phi) is 6.08. The molecule has 4 nitrogen and oxygen atoms in total. The molecule has 10 heavy (non-hydrogen) atoms. The van der Waals surface area contributed by atoms with Crippen molar-refractivity contribution in [1.82, 2.24) is 5.32 Å². The number of nitrogens with zero attached hydrogens (tertiary/aromatic N) is 1. The molecule has 0 aliphatic carbocycles. The molecule has 5 N–H and O–H groups in total. The van der Waals surface area contributed by atoms with Gasteiger partial charge < -0.3 is 16.8 Å². The minimum Gasteiger partial charge on any atom is -0.316 e. The Bertz CT molecular complexity index is 105. The summed E-state index contributed by atoms with van der Waals surface area (Å²) in [6.45, 7) is 1.52. The molecular weight excluding hydrogens is 128 g/mol. The standard InChI is InChI=1S/C6H14N4/c7-3-1-4-10-5-2-6(8)9/h6,10H,1-2,4-5,8-9H2. The summed E-state index contributed by atoms with van der Waals surface area (Å²) in [5.41, 5.74) is 10.6. The maximum atomic E-state index is 8.14. The van der Waals surface area contributed by atoms with Crippen LogP contribution >= 0.6 is 0 Å². The molecule has 0 radical (unpaired) electrons. The number of nitriles is 1. The van der Waals surface area contributed by atoms with E-state index in [1.165, 1.54) is 0 Å². The van der Waals surface area contributed by atoms with Gasteiger partial charge >= 0.3 is 0 Å². The van der Waals surface area contributed by atoms with Gasteiger partial charge in [-0.1, -0.05) is 0 Å². The maximum absolute atomic E-state index is 8.14. The van der Waals surface area contributed by atoms with E-state index in [1.54, 1.807) is 0 Å². The van der Waals surface area contributed by atoms with Crippen LogP contribution in [0.3, 0.4) is 0 Å². The first-order valence-electron chi connectivity index (χ1n) is 3.36. The molecule has 0 heterocycles. The fourth-order valence-corrected chi connectivity index (χ4v) is 0.538. The van der Waals surface area contributed by atoms with Crippen LogP contribution in [0.4, 0.5) is 0 Å². The normalized spacial score (nSPS) is 9.80. The lowest BCUT2D eigenvalue weighted by atomic mass is 10.3. The summed E-state index contributed by atoms with van der Waals surface area (Å²) >= 11 is 0. The first kappa shape index (κ1) is 9.37. The molecule has 0 fully saturated rings. The van der Waals surface area contributed by atoms with E-state index >= 15 is 0 Å². The Morgan fingerprint density at radius 3 is 2.60 bits per heavy atom. The zero-order valence-corrected chi connectivity index (χ0v) is 6.01. The molecule has 0 rings (SSSR count). The van der Waals surface area contributed by atoms with Crippen molar-refractivity contribution in [1.29, 1.82) is 5.26 Å². The van der Waals surface area contributed by atoms with Gasteiger partial charge in [0.25, 0.3) is 0 Å². The molecule has 0 spiro atoms. The topological polar surface area (TPSA) is 87.9 Å². The number of hydrogen-bond acceptors (Lipinski definition) is 4. The second kappa shape index (κ2) is 6.49. The molecule has 0 saturated heterocycles. The molecule has 4 heteroatoms. The van der Waals surface area contributed by atoms with E-state index in [-0.39, 0.29) is 6.17 Å². The van der Waals surface area contributed by atoms with Crippen LogP contribution in [0.1, 0.15) is 12.8 Å². The fourth-order valence-electron chi connectivity index (χ4n) is 0.538. The van der Waals surface area contributed by atoms with E-state index in [0.717, 1.165) is 19.5 Å². The van der Waals surface area contributed by atoms with Gasteiger partial charge in [0.1, 0.15) is 0 Å². The molecule has 0 aliphatic heterocycles.